The lowest BCUT2D eigenvalue weighted by molar-refractivity contribution is 0.0981. The zero-order chi connectivity index (χ0) is 37.9. The topological polar surface area (TPSA) is 108 Å². The Morgan fingerprint density at radius 2 is 1.50 bits per heavy atom. The average Bonchev–Trinajstić information content (AvgIpc) is 3.19. The number of thioether (sulfide) groups is 1. The number of hydrogen-bond donors (Lipinski definition) is 3. The number of unbranched alkanes of at least 4 members (excludes halogenated alkanes) is 1. The standard InChI is InChI=1S/C43H48ClN5O3S2/c1-32-29-41(22-23-42(32)46-38(7-5-6-24-45)31-53-40-8-3-2-4-9-40)54(51,52)47-43(50)36-16-20-39(21-17-36)49-27-25-48(26-28-49)30-33-10-12-34(13-11-33)35-14-18-37(44)19-15-35/h2-4,8-23,29,38,46H,5-7,24-28,30-31,45H2,1H3,(H,47,50)/t38-/m1/s1. The van der Waals surface area contributed by atoms with Crippen LogP contribution in [-0.2, 0) is 16.6 Å². The maximum absolute atomic E-state index is 13.3. The molecule has 0 aliphatic carbocycles. The maximum Gasteiger partial charge on any atom is 0.264 e. The van der Waals surface area contributed by atoms with E-state index in [0.29, 0.717) is 6.54 Å². The number of nitrogens with zero attached hydrogens (tertiary/aromatic N) is 2. The lowest BCUT2D eigenvalue weighted by Crippen LogP contribution is -2.46. The number of nitrogens with one attached hydrogen (secondary N) is 2. The Morgan fingerprint density at radius 1 is 0.833 bits per heavy atom. The van der Waals surface area contributed by atoms with Crippen molar-refractivity contribution in [3.8, 4) is 11.1 Å². The Balaban J connectivity index is 0.996. The molecule has 0 aromatic heterocycles. The van der Waals surface area contributed by atoms with Crippen molar-refractivity contribution in [3.63, 3.8) is 0 Å². The van der Waals surface area contributed by atoms with Gasteiger partial charge in [0, 0.05) is 71.4 Å². The minimum absolute atomic E-state index is 0.0456. The third-order valence-corrected chi connectivity index (χ3v) is 12.5. The van der Waals surface area contributed by atoms with E-state index in [0.717, 1.165) is 85.3 Å². The molecule has 54 heavy (non-hydrogen) atoms. The van der Waals surface area contributed by atoms with Crippen molar-refractivity contribution in [3.05, 3.63) is 143 Å². The van der Waals surface area contributed by atoms with Gasteiger partial charge in [-0.1, -0.05) is 72.6 Å². The average molecular weight is 782 g/mol. The minimum Gasteiger partial charge on any atom is -0.381 e. The molecule has 1 aliphatic heterocycles. The van der Waals surface area contributed by atoms with E-state index in [4.69, 9.17) is 17.3 Å². The first kappa shape index (κ1) is 39.4. The van der Waals surface area contributed by atoms with E-state index in [1.54, 1.807) is 42.1 Å². The van der Waals surface area contributed by atoms with Crippen LogP contribution >= 0.6 is 23.4 Å². The highest BCUT2D eigenvalue weighted by Gasteiger charge is 2.22. The van der Waals surface area contributed by atoms with E-state index < -0.39 is 15.9 Å². The summed E-state index contributed by atoms with van der Waals surface area (Å²) in [5, 5.41) is 4.35. The zero-order valence-corrected chi connectivity index (χ0v) is 33.0. The molecular formula is C43H48ClN5O3S2. The molecule has 0 unspecified atom stereocenters. The number of rotatable bonds is 16. The van der Waals surface area contributed by atoms with Gasteiger partial charge in [-0.25, -0.2) is 13.1 Å². The molecule has 1 heterocycles. The number of piperazine rings is 1. The highest BCUT2D eigenvalue weighted by molar-refractivity contribution is 7.99. The molecule has 5 aromatic carbocycles. The Bertz CT molecular complexity index is 2070. The number of aryl methyl sites for hydroxylation is 1. The molecule has 0 saturated carbocycles. The summed E-state index contributed by atoms with van der Waals surface area (Å²) in [6.45, 7) is 6.94. The van der Waals surface area contributed by atoms with Gasteiger partial charge in [-0.15, -0.1) is 11.8 Å². The van der Waals surface area contributed by atoms with Crippen LogP contribution in [0.2, 0.25) is 5.02 Å². The van der Waals surface area contributed by atoms with Crippen LogP contribution in [0.4, 0.5) is 11.4 Å². The van der Waals surface area contributed by atoms with Crippen molar-refractivity contribution >= 4 is 50.7 Å². The molecule has 1 fully saturated rings. The van der Waals surface area contributed by atoms with E-state index in [9.17, 15) is 13.2 Å². The fraction of sp³-hybridized carbons (Fsp3) is 0.279. The van der Waals surface area contributed by atoms with Gasteiger partial charge < -0.3 is 16.0 Å². The van der Waals surface area contributed by atoms with Crippen LogP contribution in [0.3, 0.4) is 0 Å². The Kier molecular flexibility index (Phi) is 13.7. The third-order valence-electron chi connectivity index (χ3n) is 9.70. The van der Waals surface area contributed by atoms with Crippen LogP contribution in [0.25, 0.3) is 11.1 Å². The summed E-state index contributed by atoms with van der Waals surface area (Å²) < 4.78 is 28.9. The number of hydrogen-bond acceptors (Lipinski definition) is 8. The van der Waals surface area contributed by atoms with Gasteiger partial charge in [-0.3, -0.25) is 9.69 Å². The number of carbonyl (C=O) groups is 1. The first-order chi connectivity index (χ1) is 26.2. The van der Waals surface area contributed by atoms with Crippen LogP contribution in [0, 0.1) is 6.92 Å². The molecule has 0 bridgehead atoms. The molecule has 1 atom stereocenters. The largest absolute Gasteiger partial charge is 0.381 e. The smallest absolute Gasteiger partial charge is 0.264 e. The summed E-state index contributed by atoms with van der Waals surface area (Å²) in [7, 11) is -4.09. The van der Waals surface area contributed by atoms with Gasteiger partial charge in [-0.05, 0) is 115 Å². The van der Waals surface area contributed by atoms with Crippen molar-refractivity contribution in [1.29, 1.82) is 0 Å². The SMILES string of the molecule is Cc1cc(S(=O)(=O)NC(=O)c2ccc(N3CCN(Cc4ccc(-c5ccc(Cl)cc5)cc4)CC3)cc2)ccc1N[C@H](CCCCN)CSc1ccccc1. The lowest BCUT2D eigenvalue weighted by Gasteiger charge is -2.36. The monoisotopic (exact) mass is 781 g/mol. The quantitative estimate of drug-likeness (QED) is 0.0677. The molecule has 1 amide bonds. The van der Waals surface area contributed by atoms with E-state index in [-0.39, 0.29) is 16.5 Å². The molecule has 5 aromatic rings. The van der Waals surface area contributed by atoms with E-state index in [1.165, 1.54) is 16.0 Å². The number of carbonyl (C=O) groups excluding carboxylic acids is 1. The van der Waals surface area contributed by atoms with Gasteiger partial charge >= 0.3 is 0 Å². The molecule has 0 radical (unpaired) electrons. The van der Waals surface area contributed by atoms with Crippen molar-refractivity contribution in [2.75, 3.05) is 48.7 Å². The first-order valence-corrected chi connectivity index (χ1v) is 21.3. The van der Waals surface area contributed by atoms with Crippen molar-refractivity contribution in [1.82, 2.24) is 9.62 Å². The number of amides is 1. The summed E-state index contributed by atoms with van der Waals surface area (Å²) in [6, 6.07) is 39.1. The van der Waals surface area contributed by atoms with Crippen LogP contribution < -0.4 is 20.7 Å². The molecular weight excluding hydrogens is 734 g/mol. The van der Waals surface area contributed by atoms with E-state index >= 15 is 0 Å². The van der Waals surface area contributed by atoms with E-state index in [2.05, 4.69) is 56.2 Å². The molecule has 6 rings (SSSR count). The summed E-state index contributed by atoms with van der Waals surface area (Å²) in [6.07, 6.45) is 2.90. The number of sulfonamides is 1. The molecule has 11 heteroatoms. The highest BCUT2D eigenvalue weighted by Crippen LogP contribution is 2.26. The number of halogens is 1. The fourth-order valence-corrected chi connectivity index (χ4v) is 8.74. The first-order valence-electron chi connectivity index (χ1n) is 18.4. The second-order valence-corrected chi connectivity index (χ2v) is 16.9. The second-order valence-electron chi connectivity index (χ2n) is 13.7. The van der Waals surface area contributed by atoms with Crippen molar-refractivity contribution in [2.45, 2.75) is 48.6 Å². The van der Waals surface area contributed by atoms with Gasteiger partial charge in [-0.2, -0.15) is 0 Å². The zero-order valence-electron chi connectivity index (χ0n) is 30.6. The Morgan fingerprint density at radius 3 is 2.15 bits per heavy atom. The van der Waals surface area contributed by atoms with Gasteiger partial charge in [0.25, 0.3) is 15.9 Å². The third kappa shape index (κ3) is 10.9. The summed E-state index contributed by atoms with van der Waals surface area (Å²) in [5.41, 5.74) is 12.3. The predicted octanol–water partition coefficient (Wildman–Crippen LogP) is 8.46. The second kappa shape index (κ2) is 18.8. The lowest BCUT2D eigenvalue weighted by atomic mass is 10.0. The fourth-order valence-electron chi connectivity index (χ4n) is 6.56. The van der Waals surface area contributed by atoms with E-state index in [1.807, 2.05) is 61.5 Å². The summed E-state index contributed by atoms with van der Waals surface area (Å²) in [5.74, 6) is 0.201. The van der Waals surface area contributed by atoms with Crippen LogP contribution in [0.15, 0.2) is 131 Å². The van der Waals surface area contributed by atoms with Crippen molar-refractivity contribution in [2.24, 2.45) is 5.73 Å². The number of nitrogens with two attached hydrogens (primary N) is 1. The molecule has 1 aliphatic rings. The molecule has 282 valence electrons. The van der Waals surface area contributed by atoms with Gasteiger partial charge in [0.15, 0.2) is 0 Å². The molecule has 1 saturated heterocycles. The number of anilines is 2. The summed E-state index contributed by atoms with van der Waals surface area (Å²) in [4.78, 5) is 19.1. The predicted molar refractivity (Wildman–Crippen MR) is 224 cm³/mol. The van der Waals surface area contributed by atoms with Crippen LogP contribution in [0.5, 0.6) is 0 Å². The minimum atomic E-state index is -4.09. The normalized spacial score (nSPS) is 14.1. The molecule has 4 N–H and O–H groups in total. The molecule has 8 nitrogen and oxygen atoms in total. The summed E-state index contributed by atoms with van der Waals surface area (Å²) >= 11 is 7.83. The Labute approximate surface area is 329 Å². The Hall–Kier alpha value is -4.32. The van der Waals surface area contributed by atoms with Gasteiger partial charge in [0.05, 0.1) is 4.90 Å². The molecule has 0 spiro atoms. The number of benzene rings is 5. The van der Waals surface area contributed by atoms with Crippen molar-refractivity contribution < 1.29 is 13.2 Å². The maximum atomic E-state index is 13.3. The van der Waals surface area contributed by atoms with Crippen LogP contribution in [0.1, 0.15) is 40.7 Å². The van der Waals surface area contributed by atoms with Gasteiger partial charge in [0.2, 0.25) is 0 Å². The van der Waals surface area contributed by atoms with Gasteiger partial charge in [0.1, 0.15) is 0 Å². The highest BCUT2D eigenvalue weighted by atomic mass is 35.5. The van der Waals surface area contributed by atoms with Crippen LogP contribution in [-0.4, -0.2) is 63.7 Å².